The zero-order valence-electron chi connectivity index (χ0n) is 12.0. The van der Waals surface area contributed by atoms with Gasteiger partial charge in [0.05, 0.1) is 0 Å². The Labute approximate surface area is 134 Å². The van der Waals surface area contributed by atoms with Crippen LogP contribution in [0.2, 0.25) is 5.02 Å². The van der Waals surface area contributed by atoms with E-state index in [1.165, 1.54) is 0 Å². The minimum atomic E-state index is -4.91. The van der Waals surface area contributed by atoms with Crippen LogP contribution in [0.25, 0.3) is 0 Å². The number of carboxylic acid groups (broad SMARTS) is 1. The highest BCUT2D eigenvalue weighted by molar-refractivity contribution is 6.30. The van der Waals surface area contributed by atoms with E-state index in [9.17, 15) is 18.0 Å². The minimum absolute atomic E-state index is 0.351. The Morgan fingerprint density at radius 3 is 2.30 bits per heavy atom. The second kappa shape index (κ2) is 6.04. The van der Waals surface area contributed by atoms with E-state index in [1.54, 1.807) is 26.0 Å². The average molecular weight is 346 g/mol. The number of halogens is 4. The van der Waals surface area contributed by atoms with Crippen molar-refractivity contribution in [1.82, 2.24) is 9.97 Å². The summed E-state index contributed by atoms with van der Waals surface area (Å²) in [6, 6.07) is 3.26. The van der Waals surface area contributed by atoms with Gasteiger partial charge in [-0.05, 0) is 37.1 Å². The molecule has 1 aromatic heterocycles. The minimum Gasteiger partial charge on any atom is -0.478 e. The molecule has 0 radical (unpaired) electrons. The molecule has 0 aliphatic heterocycles. The molecule has 2 N–H and O–H groups in total. The molecule has 9 heteroatoms. The van der Waals surface area contributed by atoms with E-state index in [4.69, 9.17) is 16.7 Å². The molecule has 2 rings (SSSR count). The van der Waals surface area contributed by atoms with E-state index in [1.807, 2.05) is 0 Å². The summed E-state index contributed by atoms with van der Waals surface area (Å²) in [5.74, 6) is -2.10. The maximum atomic E-state index is 12.9. The predicted octanol–water partition coefficient (Wildman–Crippen LogP) is 4.21. The van der Waals surface area contributed by atoms with E-state index in [0.29, 0.717) is 28.0 Å². The number of hydrogen-bond acceptors (Lipinski definition) is 4. The number of carbonyl (C=O) groups is 1. The summed E-state index contributed by atoms with van der Waals surface area (Å²) in [5, 5.41) is 12.0. The van der Waals surface area contributed by atoms with Crippen LogP contribution in [0.5, 0.6) is 0 Å². The van der Waals surface area contributed by atoms with Crippen LogP contribution in [0.15, 0.2) is 18.3 Å². The van der Waals surface area contributed by atoms with Crippen molar-refractivity contribution in [3.8, 4) is 0 Å². The number of hydrogen-bond donors (Lipinski definition) is 2. The second-order valence-corrected chi connectivity index (χ2v) is 5.23. The van der Waals surface area contributed by atoms with Crippen LogP contribution in [0, 0.1) is 13.8 Å². The average Bonchev–Trinajstić information content (AvgIpc) is 2.41. The second-order valence-electron chi connectivity index (χ2n) is 4.80. The van der Waals surface area contributed by atoms with Crippen molar-refractivity contribution in [2.45, 2.75) is 20.0 Å². The third-order valence-corrected chi connectivity index (χ3v) is 3.24. The normalized spacial score (nSPS) is 11.4. The van der Waals surface area contributed by atoms with Gasteiger partial charge in [0, 0.05) is 16.9 Å². The molecule has 0 bridgehead atoms. The van der Waals surface area contributed by atoms with Crippen molar-refractivity contribution in [3.05, 3.63) is 45.7 Å². The van der Waals surface area contributed by atoms with E-state index in [0.717, 1.165) is 0 Å². The standard InChI is InChI=1S/C14H11ClF3N3O2/c1-6-3-8(15)4-7(2)10(6)20-13-19-5-9(12(22)23)11(21-13)14(16,17)18/h3-5H,1-2H3,(H,22,23)(H,19,20,21). The van der Waals surface area contributed by atoms with Crippen LogP contribution in [0.1, 0.15) is 27.2 Å². The Morgan fingerprint density at radius 2 is 1.83 bits per heavy atom. The van der Waals surface area contributed by atoms with Gasteiger partial charge in [0.25, 0.3) is 0 Å². The first-order valence-electron chi connectivity index (χ1n) is 6.31. The first-order valence-corrected chi connectivity index (χ1v) is 6.68. The number of nitrogens with zero attached hydrogens (tertiary/aromatic N) is 2. The molecule has 0 amide bonds. The Bertz CT molecular complexity index is 755. The largest absolute Gasteiger partial charge is 0.478 e. The molecular weight excluding hydrogens is 335 g/mol. The molecule has 0 saturated carbocycles. The smallest absolute Gasteiger partial charge is 0.434 e. The lowest BCUT2D eigenvalue weighted by atomic mass is 10.1. The van der Waals surface area contributed by atoms with Crippen LogP contribution in [-0.2, 0) is 6.18 Å². The van der Waals surface area contributed by atoms with Gasteiger partial charge in [-0.2, -0.15) is 13.2 Å². The highest BCUT2D eigenvalue weighted by Crippen LogP contribution is 2.32. The van der Waals surface area contributed by atoms with E-state index in [2.05, 4.69) is 15.3 Å². The van der Waals surface area contributed by atoms with Gasteiger partial charge in [-0.25, -0.2) is 14.8 Å². The van der Waals surface area contributed by atoms with E-state index < -0.39 is 23.4 Å². The molecule has 23 heavy (non-hydrogen) atoms. The van der Waals surface area contributed by atoms with Crippen LogP contribution >= 0.6 is 11.6 Å². The SMILES string of the molecule is Cc1cc(Cl)cc(C)c1Nc1ncc(C(=O)O)c(C(F)(F)F)n1. The highest BCUT2D eigenvalue weighted by Gasteiger charge is 2.38. The number of alkyl halides is 3. The topological polar surface area (TPSA) is 75.1 Å². The molecule has 0 unspecified atom stereocenters. The third kappa shape index (κ3) is 3.70. The molecule has 0 fully saturated rings. The van der Waals surface area contributed by atoms with Gasteiger partial charge in [-0.15, -0.1) is 0 Å². The van der Waals surface area contributed by atoms with Gasteiger partial charge in [0.1, 0.15) is 5.56 Å². The molecule has 1 heterocycles. The first kappa shape index (κ1) is 17.0. The zero-order valence-corrected chi connectivity index (χ0v) is 12.7. The fourth-order valence-electron chi connectivity index (χ4n) is 2.03. The summed E-state index contributed by atoms with van der Waals surface area (Å²) in [7, 11) is 0. The number of carboxylic acids is 1. The maximum Gasteiger partial charge on any atom is 0.434 e. The summed E-state index contributed by atoms with van der Waals surface area (Å²) in [6.45, 7) is 3.44. The van der Waals surface area contributed by atoms with E-state index in [-0.39, 0.29) is 5.95 Å². The highest BCUT2D eigenvalue weighted by atomic mass is 35.5. The van der Waals surface area contributed by atoms with Crippen molar-refractivity contribution in [1.29, 1.82) is 0 Å². The molecule has 0 aliphatic rings. The van der Waals surface area contributed by atoms with Gasteiger partial charge < -0.3 is 10.4 Å². The predicted molar refractivity (Wildman–Crippen MR) is 78.2 cm³/mol. The quantitative estimate of drug-likeness (QED) is 0.871. The molecule has 0 aliphatic carbocycles. The number of benzene rings is 1. The maximum absolute atomic E-state index is 12.9. The number of nitrogens with one attached hydrogen (secondary N) is 1. The number of anilines is 2. The summed E-state index contributed by atoms with van der Waals surface area (Å²) < 4.78 is 38.8. The molecule has 2 aromatic rings. The fraction of sp³-hybridized carbons (Fsp3) is 0.214. The van der Waals surface area contributed by atoms with Crippen molar-refractivity contribution < 1.29 is 23.1 Å². The Hall–Kier alpha value is -2.35. The molecule has 1 aromatic carbocycles. The Kier molecular flexibility index (Phi) is 4.46. The van der Waals surface area contributed by atoms with Gasteiger partial charge in [-0.1, -0.05) is 11.6 Å². The first-order chi connectivity index (χ1) is 10.6. The van der Waals surface area contributed by atoms with Gasteiger partial charge >= 0.3 is 12.1 Å². The van der Waals surface area contributed by atoms with Crippen LogP contribution < -0.4 is 5.32 Å². The lowest BCUT2D eigenvalue weighted by Gasteiger charge is -2.14. The fourth-order valence-corrected chi connectivity index (χ4v) is 2.36. The van der Waals surface area contributed by atoms with E-state index >= 15 is 0 Å². The Morgan fingerprint density at radius 1 is 1.26 bits per heavy atom. The van der Waals surface area contributed by atoms with Crippen LogP contribution in [-0.4, -0.2) is 21.0 Å². The molecule has 5 nitrogen and oxygen atoms in total. The monoisotopic (exact) mass is 345 g/mol. The van der Waals surface area contributed by atoms with Crippen molar-refractivity contribution in [2.24, 2.45) is 0 Å². The molecule has 122 valence electrons. The van der Waals surface area contributed by atoms with Crippen molar-refractivity contribution in [3.63, 3.8) is 0 Å². The lowest BCUT2D eigenvalue weighted by molar-refractivity contribution is -0.141. The zero-order chi connectivity index (χ0) is 17.4. The van der Waals surface area contributed by atoms with Crippen molar-refractivity contribution >= 4 is 29.2 Å². The molecule has 0 spiro atoms. The van der Waals surface area contributed by atoms with Gasteiger partial charge in [-0.3, -0.25) is 0 Å². The molecule has 0 saturated heterocycles. The van der Waals surface area contributed by atoms with Crippen LogP contribution in [0.3, 0.4) is 0 Å². The van der Waals surface area contributed by atoms with Crippen LogP contribution in [0.4, 0.5) is 24.8 Å². The van der Waals surface area contributed by atoms with Gasteiger partial charge in [0.15, 0.2) is 5.69 Å². The lowest BCUT2D eigenvalue weighted by Crippen LogP contribution is -2.17. The molecule has 0 atom stereocenters. The number of aromatic nitrogens is 2. The number of aromatic carboxylic acids is 1. The molecular formula is C14H11ClF3N3O2. The third-order valence-electron chi connectivity index (χ3n) is 3.02. The van der Waals surface area contributed by atoms with Gasteiger partial charge in [0.2, 0.25) is 5.95 Å². The number of rotatable bonds is 3. The summed E-state index contributed by atoms with van der Waals surface area (Å²) >= 11 is 5.89. The summed E-state index contributed by atoms with van der Waals surface area (Å²) in [6.07, 6.45) is -4.28. The summed E-state index contributed by atoms with van der Waals surface area (Å²) in [5.41, 5.74) is -0.631. The summed E-state index contributed by atoms with van der Waals surface area (Å²) in [4.78, 5) is 17.8. The Balaban J connectivity index is 2.49. The number of aryl methyl sites for hydroxylation is 2. The van der Waals surface area contributed by atoms with Crippen molar-refractivity contribution in [2.75, 3.05) is 5.32 Å².